The van der Waals surface area contributed by atoms with Crippen LogP contribution >= 0.6 is 0 Å². The molecular weight excluding hydrogens is 288 g/mol. The van der Waals surface area contributed by atoms with Crippen molar-refractivity contribution in [3.05, 3.63) is 29.8 Å². The summed E-state index contributed by atoms with van der Waals surface area (Å²) in [5.41, 5.74) is 6.78. The second-order valence-electron chi connectivity index (χ2n) is 6.57. The fourth-order valence-corrected chi connectivity index (χ4v) is 2.99. The Balaban J connectivity index is 1.72. The van der Waals surface area contributed by atoms with Crippen molar-refractivity contribution in [2.75, 3.05) is 13.2 Å². The predicted molar refractivity (Wildman–Crippen MR) is 93.6 cm³/mol. The van der Waals surface area contributed by atoms with Gasteiger partial charge in [0.2, 0.25) is 5.91 Å². The molecule has 1 amide bonds. The molecule has 0 bridgehead atoms. The molecule has 4 heteroatoms. The van der Waals surface area contributed by atoms with E-state index >= 15 is 0 Å². The highest BCUT2D eigenvalue weighted by atomic mass is 16.5. The smallest absolute Gasteiger partial charge is 0.240 e. The molecule has 0 radical (unpaired) electrons. The monoisotopic (exact) mass is 318 g/mol. The number of rotatable bonds is 8. The molecule has 1 aromatic rings. The maximum absolute atomic E-state index is 12.3. The van der Waals surface area contributed by atoms with E-state index in [0.717, 1.165) is 57.3 Å². The summed E-state index contributed by atoms with van der Waals surface area (Å²) in [6, 6.07) is 8.12. The van der Waals surface area contributed by atoms with E-state index in [1.165, 1.54) is 12.0 Å². The molecule has 1 aliphatic rings. The highest BCUT2D eigenvalue weighted by Gasteiger charge is 2.34. The van der Waals surface area contributed by atoms with E-state index in [-0.39, 0.29) is 5.91 Å². The minimum atomic E-state index is -0.644. The minimum absolute atomic E-state index is 0.0109. The summed E-state index contributed by atoms with van der Waals surface area (Å²) in [4.78, 5) is 12.3. The van der Waals surface area contributed by atoms with Crippen molar-refractivity contribution in [3.8, 4) is 5.75 Å². The summed E-state index contributed by atoms with van der Waals surface area (Å²) in [5.74, 6) is 0.922. The molecule has 0 saturated heterocycles. The normalized spacial score (nSPS) is 16.8. The summed E-state index contributed by atoms with van der Waals surface area (Å²) >= 11 is 0. The molecule has 128 valence electrons. The highest BCUT2D eigenvalue weighted by Crippen LogP contribution is 2.25. The first kappa shape index (κ1) is 17.8. The number of carbonyl (C=O) groups excluding carboxylic acids is 1. The molecule has 1 saturated carbocycles. The molecule has 0 unspecified atom stereocenters. The van der Waals surface area contributed by atoms with Crippen LogP contribution in [0.4, 0.5) is 0 Å². The molecule has 1 aliphatic carbocycles. The van der Waals surface area contributed by atoms with E-state index in [0.29, 0.717) is 6.54 Å². The zero-order valence-corrected chi connectivity index (χ0v) is 14.3. The summed E-state index contributed by atoms with van der Waals surface area (Å²) in [6.07, 6.45) is 7.96. The van der Waals surface area contributed by atoms with Crippen LogP contribution < -0.4 is 15.8 Å². The zero-order valence-electron chi connectivity index (χ0n) is 14.3. The average molecular weight is 318 g/mol. The maximum atomic E-state index is 12.3. The SMILES string of the molecule is CCCCOc1ccc(CCNC(=O)C2(N)CCCCC2)cc1. The van der Waals surface area contributed by atoms with Crippen LogP contribution in [0.3, 0.4) is 0 Å². The van der Waals surface area contributed by atoms with Crippen molar-refractivity contribution >= 4 is 5.91 Å². The molecule has 4 nitrogen and oxygen atoms in total. The van der Waals surface area contributed by atoms with Crippen LogP contribution in [0.2, 0.25) is 0 Å². The number of amides is 1. The van der Waals surface area contributed by atoms with Gasteiger partial charge in [-0.05, 0) is 43.4 Å². The number of nitrogens with two attached hydrogens (primary N) is 1. The van der Waals surface area contributed by atoms with Gasteiger partial charge in [0.05, 0.1) is 12.1 Å². The largest absolute Gasteiger partial charge is 0.494 e. The number of unbranched alkanes of at least 4 members (excludes halogenated alkanes) is 1. The Morgan fingerprint density at radius 3 is 2.57 bits per heavy atom. The van der Waals surface area contributed by atoms with Gasteiger partial charge in [-0.2, -0.15) is 0 Å². The fourth-order valence-electron chi connectivity index (χ4n) is 2.99. The van der Waals surface area contributed by atoms with Gasteiger partial charge in [-0.15, -0.1) is 0 Å². The lowest BCUT2D eigenvalue weighted by molar-refractivity contribution is -0.127. The Bertz CT molecular complexity index is 479. The molecule has 0 heterocycles. The average Bonchev–Trinajstić information content (AvgIpc) is 2.57. The minimum Gasteiger partial charge on any atom is -0.494 e. The van der Waals surface area contributed by atoms with Gasteiger partial charge in [0.15, 0.2) is 0 Å². The Morgan fingerprint density at radius 2 is 1.91 bits per heavy atom. The molecule has 0 aromatic heterocycles. The molecule has 23 heavy (non-hydrogen) atoms. The quantitative estimate of drug-likeness (QED) is 0.724. The third-order valence-electron chi connectivity index (χ3n) is 4.59. The zero-order chi connectivity index (χ0) is 16.5. The molecule has 3 N–H and O–H groups in total. The second-order valence-corrected chi connectivity index (χ2v) is 6.57. The maximum Gasteiger partial charge on any atom is 0.240 e. The first-order chi connectivity index (χ1) is 11.1. The predicted octanol–water partition coefficient (Wildman–Crippen LogP) is 3.19. The van der Waals surface area contributed by atoms with Gasteiger partial charge in [-0.3, -0.25) is 4.79 Å². The number of benzene rings is 1. The Hall–Kier alpha value is -1.55. The Kier molecular flexibility index (Phi) is 6.90. The number of hydrogen-bond donors (Lipinski definition) is 2. The van der Waals surface area contributed by atoms with Crippen molar-refractivity contribution < 1.29 is 9.53 Å². The van der Waals surface area contributed by atoms with Crippen LogP contribution in [0.15, 0.2) is 24.3 Å². The summed E-state index contributed by atoms with van der Waals surface area (Å²) < 4.78 is 5.65. The Labute approximate surface area is 139 Å². The third kappa shape index (κ3) is 5.54. The van der Waals surface area contributed by atoms with Gasteiger partial charge in [-0.1, -0.05) is 44.7 Å². The fraction of sp³-hybridized carbons (Fsp3) is 0.632. The van der Waals surface area contributed by atoms with Crippen LogP contribution in [-0.4, -0.2) is 24.6 Å². The molecule has 1 aromatic carbocycles. The summed E-state index contributed by atoms with van der Waals surface area (Å²) in [5, 5.41) is 3.00. The molecule has 0 aliphatic heterocycles. The van der Waals surface area contributed by atoms with Crippen molar-refractivity contribution in [1.82, 2.24) is 5.32 Å². The lowest BCUT2D eigenvalue weighted by atomic mass is 9.82. The highest BCUT2D eigenvalue weighted by molar-refractivity contribution is 5.86. The standard InChI is InChI=1S/C19H30N2O2/c1-2-3-15-23-17-9-7-16(8-10-17)11-14-21-18(22)19(20)12-5-4-6-13-19/h7-10H,2-6,11-15,20H2,1H3,(H,21,22). The molecule has 0 spiro atoms. The topological polar surface area (TPSA) is 64.3 Å². The lowest BCUT2D eigenvalue weighted by Gasteiger charge is -2.31. The van der Waals surface area contributed by atoms with E-state index in [9.17, 15) is 4.79 Å². The van der Waals surface area contributed by atoms with E-state index in [1.807, 2.05) is 12.1 Å². The van der Waals surface area contributed by atoms with Gasteiger partial charge in [0.1, 0.15) is 5.75 Å². The molecule has 0 atom stereocenters. The van der Waals surface area contributed by atoms with Crippen LogP contribution in [0.25, 0.3) is 0 Å². The van der Waals surface area contributed by atoms with Gasteiger partial charge in [0.25, 0.3) is 0 Å². The van der Waals surface area contributed by atoms with Crippen molar-refractivity contribution in [1.29, 1.82) is 0 Å². The first-order valence-corrected chi connectivity index (χ1v) is 8.93. The van der Waals surface area contributed by atoms with Gasteiger partial charge >= 0.3 is 0 Å². The third-order valence-corrected chi connectivity index (χ3v) is 4.59. The van der Waals surface area contributed by atoms with Crippen LogP contribution in [0.1, 0.15) is 57.4 Å². The first-order valence-electron chi connectivity index (χ1n) is 8.93. The number of nitrogens with one attached hydrogen (secondary N) is 1. The van der Waals surface area contributed by atoms with Crippen molar-refractivity contribution in [2.24, 2.45) is 5.73 Å². The van der Waals surface area contributed by atoms with Crippen LogP contribution in [0, 0.1) is 0 Å². The van der Waals surface area contributed by atoms with Gasteiger partial charge in [-0.25, -0.2) is 0 Å². The van der Waals surface area contributed by atoms with Crippen LogP contribution in [-0.2, 0) is 11.2 Å². The molecule has 1 fully saturated rings. The van der Waals surface area contributed by atoms with Crippen molar-refractivity contribution in [2.45, 2.75) is 63.8 Å². The lowest BCUT2D eigenvalue weighted by Crippen LogP contribution is -2.55. The number of hydrogen-bond acceptors (Lipinski definition) is 3. The van der Waals surface area contributed by atoms with E-state index < -0.39 is 5.54 Å². The number of carbonyl (C=O) groups is 1. The van der Waals surface area contributed by atoms with E-state index in [2.05, 4.69) is 24.4 Å². The van der Waals surface area contributed by atoms with Gasteiger partial charge < -0.3 is 15.8 Å². The van der Waals surface area contributed by atoms with E-state index in [4.69, 9.17) is 10.5 Å². The van der Waals surface area contributed by atoms with E-state index in [1.54, 1.807) is 0 Å². The molecule has 2 rings (SSSR count). The number of ether oxygens (including phenoxy) is 1. The van der Waals surface area contributed by atoms with Crippen LogP contribution in [0.5, 0.6) is 5.75 Å². The molecular formula is C19H30N2O2. The second kappa shape index (κ2) is 8.92. The van der Waals surface area contributed by atoms with Gasteiger partial charge in [0, 0.05) is 6.54 Å². The van der Waals surface area contributed by atoms with Crippen molar-refractivity contribution in [3.63, 3.8) is 0 Å². The summed E-state index contributed by atoms with van der Waals surface area (Å²) in [7, 11) is 0. The Morgan fingerprint density at radius 1 is 1.22 bits per heavy atom. The summed E-state index contributed by atoms with van der Waals surface area (Å²) in [6.45, 7) is 3.55.